The number of aliphatic carboxylic acids is 1. The predicted octanol–water partition coefficient (Wildman–Crippen LogP) is 2.52. The normalized spacial score (nSPS) is 11.9. The number of hydrogen-bond donors (Lipinski definition) is 2. The van der Waals surface area contributed by atoms with E-state index in [0.29, 0.717) is 12.2 Å². The molecule has 0 bridgehead atoms. The highest BCUT2D eigenvalue weighted by Gasteiger charge is 2.21. The quantitative estimate of drug-likeness (QED) is 0.828. The summed E-state index contributed by atoms with van der Waals surface area (Å²) in [5, 5.41) is 11.4. The fourth-order valence-electron chi connectivity index (χ4n) is 1.41. The van der Waals surface area contributed by atoms with Crippen molar-refractivity contribution in [1.82, 2.24) is 5.32 Å². The van der Waals surface area contributed by atoms with Crippen molar-refractivity contribution in [2.75, 3.05) is 12.0 Å². The van der Waals surface area contributed by atoms with E-state index in [2.05, 4.69) is 21.2 Å². The van der Waals surface area contributed by atoms with Crippen LogP contribution in [0.4, 0.5) is 4.39 Å². The summed E-state index contributed by atoms with van der Waals surface area (Å²) in [5.74, 6) is -1.67. The molecule has 0 saturated heterocycles. The second-order valence-electron chi connectivity index (χ2n) is 3.75. The van der Waals surface area contributed by atoms with Crippen LogP contribution in [0.2, 0.25) is 0 Å². The van der Waals surface area contributed by atoms with Crippen molar-refractivity contribution in [1.29, 1.82) is 0 Å². The second-order valence-corrected chi connectivity index (χ2v) is 5.53. The number of carboxylic acids is 1. The standard InChI is InChI=1S/C12H13BrFNO3S/c1-19-6-5-9(12(17)18)15-11(16)7-3-2-4-8(14)10(7)13/h2-4,9H,5-6H2,1H3,(H,15,16)(H,17,18). The van der Waals surface area contributed by atoms with E-state index in [9.17, 15) is 14.0 Å². The first-order valence-electron chi connectivity index (χ1n) is 5.44. The molecule has 2 N–H and O–H groups in total. The third-order valence-corrected chi connectivity index (χ3v) is 3.86. The number of rotatable bonds is 6. The fourth-order valence-corrected chi connectivity index (χ4v) is 2.32. The summed E-state index contributed by atoms with van der Waals surface area (Å²) in [4.78, 5) is 22.9. The number of carbonyl (C=O) groups is 2. The lowest BCUT2D eigenvalue weighted by Gasteiger charge is -2.14. The average Bonchev–Trinajstić information content (AvgIpc) is 2.37. The van der Waals surface area contributed by atoms with E-state index in [4.69, 9.17) is 5.11 Å². The molecular weight excluding hydrogens is 337 g/mol. The molecule has 19 heavy (non-hydrogen) atoms. The molecule has 0 fully saturated rings. The van der Waals surface area contributed by atoms with Gasteiger partial charge in [-0.2, -0.15) is 11.8 Å². The van der Waals surface area contributed by atoms with E-state index in [0.717, 1.165) is 0 Å². The molecule has 0 aliphatic rings. The molecular formula is C12H13BrFNO3S. The zero-order valence-electron chi connectivity index (χ0n) is 10.2. The number of hydrogen-bond acceptors (Lipinski definition) is 3. The van der Waals surface area contributed by atoms with Crippen LogP contribution in [0.15, 0.2) is 22.7 Å². The number of halogens is 2. The van der Waals surface area contributed by atoms with Gasteiger partial charge in [0.05, 0.1) is 10.0 Å². The minimum Gasteiger partial charge on any atom is -0.480 e. The Morgan fingerprint density at radius 1 is 1.53 bits per heavy atom. The molecule has 0 radical (unpaired) electrons. The molecule has 1 atom stereocenters. The molecule has 0 aliphatic heterocycles. The monoisotopic (exact) mass is 349 g/mol. The van der Waals surface area contributed by atoms with Crippen molar-refractivity contribution < 1.29 is 19.1 Å². The molecule has 0 aliphatic carbocycles. The first kappa shape index (κ1) is 16.0. The molecule has 4 nitrogen and oxygen atoms in total. The van der Waals surface area contributed by atoms with Crippen molar-refractivity contribution in [2.45, 2.75) is 12.5 Å². The smallest absolute Gasteiger partial charge is 0.326 e. The van der Waals surface area contributed by atoms with Crippen LogP contribution in [-0.4, -0.2) is 35.0 Å². The number of carboxylic acid groups (broad SMARTS) is 1. The molecule has 0 heterocycles. The first-order chi connectivity index (χ1) is 8.97. The Kier molecular flexibility index (Phi) is 6.30. The molecule has 1 amide bonds. The van der Waals surface area contributed by atoms with Crippen LogP contribution >= 0.6 is 27.7 Å². The van der Waals surface area contributed by atoms with Gasteiger partial charge in [-0.3, -0.25) is 4.79 Å². The van der Waals surface area contributed by atoms with Crippen molar-refractivity contribution in [3.05, 3.63) is 34.1 Å². The van der Waals surface area contributed by atoms with Gasteiger partial charge in [0.1, 0.15) is 11.9 Å². The summed E-state index contributed by atoms with van der Waals surface area (Å²) in [6, 6.07) is 3.06. The van der Waals surface area contributed by atoms with Gasteiger partial charge in [0.2, 0.25) is 0 Å². The molecule has 0 saturated carbocycles. The Labute approximate surface area is 122 Å². The van der Waals surface area contributed by atoms with Gasteiger partial charge in [0.25, 0.3) is 5.91 Å². The lowest BCUT2D eigenvalue weighted by atomic mass is 10.1. The molecule has 1 unspecified atom stereocenters. The molecule has 1 aromatic rings. The summed E-state index contributed by atoms with van der Waals surface area (Å²) < 4.78 is 13.3. The number of thioether (sulfide) groups is 1. The van der Waals surface area contributed by atoms with Gasteiger partial charge in [0, 0.05) is 0 Å². The number of carbonyl (C=O) groups excluding carboxylic acids is 1. The third kappa shape index (κ3) is 4.50. The highest BCUT2D eigenvalue weighted by molar-refractivity contribution is 9.10. The first-order valence-corrected chi connectivity index (χ1v) is 7.62. The highest BCUT2D eigenvalue weighted by atomic mass is 79.9. The van der Waals surface area contributed by atoms with Crippen LogP contribution in [-0.2, 0) is 4.79 Å². The lowest BCUT2D eigenvalue weighted by Crippen LogP contribution is -2.41. The summed E-state index contributed by atoms with van der Waals surface area (Å²) in [7, 11) is 0. The van der Waals surface area contributed by atoms with Crippen molar-refractivity contribution in [3.63, 3.8) is 0 Å². The summed E-state index contributed by atoms with van der Waals surface area (Å²) in [6.45, 7) is 0. The summed E-state index contributed by atoms with van der Waals surface area (Å²) in [5.41, 5.74) is 0.0791. The van der Waals surface area contributed by atoms with Gasteiger partial charge in [-0.05, 0) is 46.5 Å². The lowest BCUT2D eigenvalue weighted by molar-refractivity contribution is -0.139. The number of benzene rings is 1. The van der Waals surface area contributed by atoms with E-state index < -0.39 is 23.7 Å². The van der Waals surface area contributed by atoms with Crippen LogP contribution in [0.25, 0.3) is 0 Å². The van der Waals surface area contributed by atoms with E-state index in [1.165, 1.54) is 30.0 Å². The minimum atomic E-state index is -1.10. The fraction of sp³-hybridized carbons (Fsp3) is 0.333. The van der Waals surface area contributed by atoms with E-state index in [-0.39, 0.29) is 10.0 Å². The maximum atomic E-state index is 13.3. The topological polar surface area (TPSA) is 66.4 Å². The van der Waals surface area contributed by atoms with Gasteiger partial charge >= 0.3 is 5.97 Å². The Balaban J connectivity index is 2.82. The van der Waals surface area contributed by atoms with Gasteiger partial charge in [-0.1, -0.05) is 6.07 Å². The zero-order valence-corrected chi connectivity index (χ0v) is 12.6. The van der Waals surface area contributed by atoms with Crippen molar-refractivity contribution in [3.8, 4) is 0 Å². The summed E-state index contributed by atoms with van der Waals surface area (Å²) in [6.07, 6.45) is 2.17. The maximum Gasteiger partial charge on any atom is 0.326 e. The van der Waals surface area contributed by atoms with E-state index >= 15 is 0 Å². The van der Waals surface area contributed by atoms with Crippen LogP contribution in [0.1, 0.15) is 16.8 Å². The van der Waals surface area contributed by atoms with Gasteiger partial charge < -0.3 is 10.4 Å². The second kappa shape index (κ2) is 7.49. The zero-order chi connectivity index (χ0) is 14.4. The Hall–Kier alpha value is -1.08. The Bertz CT molecular complexity index is 484. The minimum absolute atomic E-state index is 0.0292. The highest BCUT2D eigenvalue weighted by Crippen LogP contribution is 2.20. The molecule has 0 spiro atoms. The predicted molar refractivity (Wildman–Crippen MR) is 76.0 cm³/mol. The van der Waals surface area contributed by atoms with E-state index in [1.807, 2.05) is 6.26 Å². The molecule has 1 aromatic carbocycles. The van der Waals surface area contributed by atoms with Gasteiger partial charge in [-0.15, -0.1) is 0 Å². The van der Waals surface area contributed by atoms with Crippen molar-refractivity contribution >= 4 is 39.6 Å². The van der Waals surface area contributed by atoms with Crippen molar-refractivity contribution in [2.24, 2.45) is 0 Å². The largest absolute Gasteiger partial charge is 0.480 e. The van der Waals surface area contributed by atoms with E-state index in [1.54, 1.807) is 0 Å². The Morgan fingerprint density at radius 2 is 2.21 bits per heavy atom. The summed E-state index contributed by atoms with van der Waals surface area (Å²) >= 11 is 4.47. The third-order valence-electron chi connectivity index (χ3n) is 2.41. The van der Waals surface area contributed by atoms with Gasteiger partial charge in [-0.25, -0.2) is 9.18 Å². The van der Waals surface area contributed by atoms with Crippen LogP contribution in [0.5, 0.6) is 0 Å². The molecule has 1 rings (SSSR count). The van der Waals surface area contributed by atoms with Crippen LogP contribution in [0.3, 0.4) is 0 Å². The molecule has 7 heteroatoms. The number of nitrogens with one attached hydrogen (secondary N) is 1. The number of amides is 1. The van der Waals surface area contributed by atoms with Gasteiger partial charge in [0.15, 0.2) is 0 Å². The van der Waals surface area contributed by atoms with Crippen LogP contribution < -0.4 is 5.32 Å². The maximum absolute atomic E-state index is 13.3. The SMILES string of the molecule is CSCCC(NC(=O)c1cccc(F)c1Br)C(=O)O. The average molecular weight is 350 g/mol. The molecule has 104 valence electrons. The van der Waals surface area contributed by atoms with Crippen LogP contribution in [0, 0.1) is 5.82 Å². The Morgan fingerprint density at radius 3 is 2.79 bits per heavy atom. The molecule has 0 aromatic heterocycles.